The third-order valence-electron chi connectivity index (χ3n) is 2.71. The molecule has 5 nitrogen and oxygen atoms in total. The van der Waals surface area contributed by atoms with E-state index in [1.807, 2.05) is 0 Å². The van der Waals surface area contributed by atoms with Crippen LogP contribution >= 0.6 is 11.6 Å². The largest absolute Gasteiger partial charge is 0.395 e. The lowest BCUT2D eigenvalue weighted by molar-refractivity contribution is -0.115. The molecule has 0 heterocycles. The maximum Gasteiger partial charge on any atom is 0.242 e. The molecule has 0 saturated carbocycles. The fourth-order valence-corrected chi connectivity index (χ4v) is 1.99. The van der Waals surface area contributed by atoms with Crippen LogP contribution in [0.3, 0.4) is 0 Å². The topological polar surface area (TPSA) is 83.5 Å². The molecule has 2 N–H and O–H groups in total. The van der Waals surface area contributed by atoms with Gasteiger partial charge in [-0.25, -0.2) is 8.42 Å². The van der Waals surface area contributed by atoms with E-state index in [0.717, 1.165) is 6.26 Å². The minimum absolute atomic E-state index is 0.0621. The number of aliphatic hydroxyl groups excluding tert-OH is 1. The molecular weight excluding hydrogens is 314 g/mol. The Morgan fingerprint density at radius 3 is 2.71 bits per heavy atom. The highest BCUT2D eigenvalue weighted by molar-refractivity contribution is 7.92. The second kappa shape index (κ2) is 7.46. The van der Waals surface area contributed by atoms with Gasteiger partial charge >= 0.3 is 0 Å². The number of aliphatic hydroxyl groups is 1. The van der Waals surface area contributed by atoms with Gasteiger partial charge in [-0.2, -0.15) is 0 Å². The highest BCUT2D eigenvalue weighted by Crippen LogP contribution is 2.21. The van der Waals surface area contributed by atoms with Crippen LogP contribution in [-0.2, 0) is 14.6 Å². The second-order valence-corrected chi connectivity index (χ2v) is 7.23. The van der Waals surface area contributed by atoms with Gasteiger partial charge in [-0.1, -0.05) is 23.4 Å². The third-order valence-corrected chi connectivity index (χ3v) is 4.44. The number of anilines is 1. The van der Waals surface area contributed by atoms with Gasteiger partial charge in [0.15, 0.2) is 9.84 Å². The van der Waals surface area contributed by atoms with Gasteiger partial charge in [0.05, 0.1) is 12.3 Å². The van der Waals surface area contributed by atoms with Crippen LogP contribution in [0.4, 0.5) is 5.69 Å². The lowest BCUT2D eigenvalue weighted by Gasteiger charge is -2.12. The maximum absolute atomic E-state index is 11.9. The van der Waals surface area contributed by atoms with E-state index in [1.165, 1.54) is 13.0 Å². The smallest absolute Gasteiger partial charge is 0.242 e. The van der Waals surface area contributed by atoms with E-state index in [2.05, 4.69) is 17.2 Å². The first-order chi connectivity index (χ1) is 9.75. The van der Waals surface area contributed by atoms with Crippen LogP contribution < -0.4 is 5.32 Å². The van der Waals surface area contributed by atoms with E-state index < -0.39 is 21.0 Å². The third kappa shape index (κ3) is 5.38. The molecule has 1 aromatic rings. The number of nitrogens with one attached hydrogen (secondary N) is 1. The van der Waals surface area contributed by atoms with E-state index in [9.17, 15) is 13.2 Å². The van der Waals surface area contributed by atoms with Crippen LogP contribution in [0, 0.1) is 11.8 Å². The van der Waals surface area contributed by atoms with E-state index in [-0.39, 0.29) is 6.61 Å². The number of carbonyl (C=O) groups excluding carboxylic acids is 1. The molecule has 0 aliphatic rings. The number of sulfone groups is 1. The molecule has 0 aliphatic carbocycles. The Balaban J connectivity index is 3.05. The van der Waals surface area contributed by atoms with Gasteiger partial charge in [0, 0.05) is 23.3 Å². The van der Waals surface area contributed by atoms with Crippen molar-refractivity contribution in [1.82, 2.24) is 0 Å². The van der Waals surface area contributed by atoms with Crippen molar-refractivity contribution in [2.45, 2.75) is 18.6 Å². The summed E-state index contributed by atoms with van der Waals surface area (Å²) in [5.41, 5.74) is 0.843. The van der Waals surface area contributed by atoms with Gasteiger partial charge in [-0.15, -0.1) is 0 Å². The first-order valence-corrected chi connectivity index (χ1v) is 8.48. The van der Waals surface area contributed by atoms with Gasteiger partial charge in [0.2, 0.25) is 5.91 Å². The van der Waals surface area contributed by atoms with Crippen molar-refractivity contribution in [2.24, 2.45) is 0 Å². The quantitative estimate of drug-likeness (QED) is 0.819. The molecule has 0 spiro atoms. The summed E-state index contributed by atoms with van der Waals surface area (Å²) < 4.78 is 22.8. The Bertz CT molecular complexity index is 689. The highest BCUT2D eigenvalue weighted by Gasteiger charge is 2.24. The lowest BCUT2D eigenvalue weighted by atomic mass is 10.1. The molecule has 1 atom stereocenters. The Morgan fingerprint density at radius 2 is 2.14 bits per heavy atom. The summed E-state index contributed by atoms with van der Waals surface area (Å²) >= 11 is 5.87. The van der Waals surface area contributed by atoms with Gasteiger partial charge in [0.1, 0.15) is 5.25 Å². The summed E-state index contributed by atoms with van der Waals surface area (Å²) in [6.07, 6.45) is 1.30. The molecule has 7 heteroatoms. The van der Waals surface area contributed by atoms with Crippen LogP contribution in [0.5, 0.6) is 0 Å². The standard InChI is InChI=1S/C14H16ClNO4S/c1-10(21(2,19)20)14(18)16-13-9-12(15)7-6-11(13)5-3-4-8-17/h6-7,9-10,17H,4,8H2,1-2H3,(H,16,18). The summed E-state index contributed by atoms with van der Waals surface area (Å²) in [7, 11) is -3.48. The molecule has 0 radical (unpaired) electrons. The van der Waals surface area contributed by atoms with Crippen molar-refractivity contribution in [3.05, 3.63) is 28.8 Å². The Morgan fingerprint density at radius 1 is 1.48 bits per heavy atom. The molecule has 1 amide bonds. The van der Waals surface area contributed by atoms with Crippen molar-refractivity contribution in [3.63, 3.8) is 0 Å². The zero-order chi connectivity index (χ0) is 16.0. The molecule has 1 rings (SSSR count). The molecule has 0 aromatic heterocycles. The maximum atomic E-state index is 11.9. The zero-order valence-electron chi connectivity index (χ0n) is 11.7. The molecule has 0 fully saturated rings. The number of rotatable bonds is 4. The number of hydrogen-bond donors (Lipinski definition) is 2. The Labute approximate surface area is 129 Å². The van der Waals surface area contributed by atoms with Gasteiger partial charge in [-0.05, 0) is 25.1 Å². The molecule has 21 heavy (non-hydrogen) atoms. The van der Waals surface area contributed by atoms with E-state index >= 15 is 0 Å². The van der Waals surface area contributed by atoms with E-state index in [1.54, 1.807) is 12.1 Å². The second-order valence-electron chi connectivity index (χ2n) is 4.43. The van der Waals surface area contributed by atoms with E-state index in [4.69, 9.17) is 16.7 Å². The fourth-order valence-electron chi connectivity index (χ4n) is 1.37. The first-order valence-electron chi connectivity index (χ1n) is 6.14. The van der Waals surface area contributed by atoms with E-state index in [0.29, 0.717) is 22.7 Å². The van der Waals surface area contributed by atoms with Crippen LogP contribution in [0.2, 0.25) is 5.02 Å². The van der Waals surface area contributed by atoms with Crippen LogP contribution in [0.1, 0.15) is 18.9 Å². The van der Waals surface area contributed by atoms with Crippen LogP contribution in [-0.4, -0.2) is 37.5 Å². The van der Waals surface area contributed by atoms with Crippen molar-refractivity contribution < 1.29 is 18.3 Å². The van der Waals surface area contributed by atoms with Gasteiger partial charge in [0.25, 0.3) is 0 Å². The number of benzene rings is 1. The predicted molar refractivity (Wildman–Crippen MR) is 83.0 cm³/mol. The monoisotopic (exact) mass is 329 g/mol. The lowest BCUT2D eigenvalue weighted by Crippen LogP contribution is -2.32. The van der Waals surface area contributed by atoms with Crippen molar-refractivity contribution >= 4 is 33.0 Å². The number of halogens is 1. The van der Waals surface area contributed by atoms with Crippen LogP contribution in [0.15, 0.2) is 18.2 Å². The van der Waals surface area contributed by atoms with Crippen molar-refractivity contribution in [2.75, 3.05) is 18.2 Å². The summed E-state index contributed by atoms with van der Waals surface area (Å²) in [5.74, 6) is 4.87. The predicted octanol–water partition coefficient (Wildman–Crippen LogP) is 1.45. The fraction of sp³-hybridized carbons (Fsp3) is 0.357. The Kier molecular flexibility index (Phi) is 6.21. The Hall–Kier alpha value is -1.55. The number of amides is 1. The summed E-state index contributed by atoms with van der Waals surface area (Å²) in [6.45, 7) is 1.25. The minimum Gasteiger partial charge on any atom is -0.395 e. The molecule has 1 aromatic carbocycles. The van der Waals surface area contributed by atoms with Crippen molar-refractivity contribution in [1.29, 1.82) is 0 Å². The molecule has 114 valence electrons. The summed E-state index contributed by atoms with van der Waals surface area (Å²) in [6, 6.07) is 4.73. The first kappa shape index (κ1) is 17.5. The van der Waals surface area contributed by atoms with Crippen molar-refractivity contribution in [3.8, 4) is 11.8 Å². The van der Waals surface area contributed by atoms with Gasteiger partial charge < -0.3 is 10.4 Å². The number of carbonyl (C=O) groups is 1. The highest BCUT2D eigenvalue weighted by atomic mass is 35.5. The average molecular weight is 330 g/mol. The molecule has 0 saturated heterocycles. The normalized spacial score (nSPS) is 12.2. The molecule has 1 unspecified atom stereocenters. The average Bonchev–Trinajstić information content (AvgIpc) is 2.39. The number of hydrogen-bond acceptors (Lipinski definition) is 4. The molecule has 0 aliphatic heterocycles. The zero-order valence-corrected chi connectivity index (χ0v) is 13.3. The SMILES string of the molecule is CC(C(=O)Nc1cc(Cl)ccc1C#CCCO)S(C)(=O)=O. The minimum atomic E-state index is -3.48. The van der Waals surface area contributed by atoms with Crippen LogP contribution in [0.25, 0.3) is 0 Å². The molecular formula is C14H16ClNO4S. The summed E-state index contributed by atoms with van der Waals surface area (Å²) in [5, 5.41) is 10.4. The van der Waals surface area contributed by atoms with Gasteiger partial charge in [-0.3, -0.25) is 4.79 Å². The summed E-state index contributed by atoms with van der Waals surface area (Å²) in [4.78, 5) is 11.9. The molecule has 0 bridgehead atoms.